The molecule has 0 bridgehead atoms. The Kier molecular flexibility index (Phi) is 3.27. The van der Waals surface area contributed by atoms with E-state index in [0.717, 1.165) is 19.4 Å². The van der Waals surface area contributed by atoms with Crippen LogP contribution in [-0.2, 0) is 4.84 Å². The highest BCUT2D eigenvalue weighted by molar-refractivity contribution is 5.95. The summed E-state index contributed by atoms with van der Waals surface area (Å²) in [6, 6.07) is 5.23. The molecule has 2 heterocycles. The Hall–Kier alpha value is -1.79. The second-order valence-corrected chi connectivity index (χ2v) is 4.72. The Morgan fingerprint density at radius 2 is 2.21 bits per heavy atom. The zero-order valence-electron chi connectivity index (χ0n) is 10.5. The van der Waals surface area contributed by atoms with Gasteiger partial charge >= 0.3 is 0 Å². The van der Waals surface area contributed by atoms with Crippen molar-refractivity contribution in [3.8, 4) is 11.5 Å². The van der Waals surface area contributed by atoms with Crippen LogP contribution in [0.15, 0.2) is 18.2 Å². The van der Waals surface area contributed by atoms with Gasteiger partial charge in [0.2, 0.25) is 6.79 Å². The molecule has 1 atom stereocenters. The lowest BCUT2D eigenvalue weighted by atomic mass is 10.1. The third kappa shape index (κ3) is 2.36. The van der Waals surface area contributed by atoms with E-state index in [0.29, 0.717) is 23.6 Å². The van der Waals surface area contributed by atoms with Gasteiger partial charge in [-0.2, -0.15) is 0 Å². The van der Waals surface area contributed by atoms with Crippen LogP contribution in [0.3, 0.4) is 0 Å². The maximum Gasteiger partial charge on any atom is 0.254 e. The molecular formula is C13H16N2O4. The molecule has 2 aliphatic heterocycles. The maximum atomic E-state index is 12.4. The van der Waals surface area contributed by atoms with E-state index in [2.05, 4.69) is 0 Å². The van der Waals surface area contributed by atoms with Gasteiger partial charge in [0.05, 0.1) is 6.10 Å². The lowest BCUT2D eigenvalue weighted by molar-refractivity contribution is 0.000958. The van der Waals surface area contributed by atoms with E-state index in [-0.39, 0.29) is 18.8 Å². The number of ether oxygens (including phenoxy) is 2. The molecule has 102 valence electrons. The molecule has 0 aliphatic carbocycles. The first-order valence-corrected chi connectivity index (χ1v) is 6.32. The van der Waals surface area contributed by atoms with E-state index in [9.17, 15) is 4.79 Å². The van der Waals surface area contributed by atoms with E-state index in [1.54, 1.807) is 23.1 Å². The largest absolute Gasteiger partial charge is 0.454 e. The number of piperidine rings is 1. The molecule has 6 nitrogen and oxygen atoms in total. The quantitative estimate of drug-likeness (QED) is 0.804. The van der Waals surface area contributed by atoms with E-state index >= 15 is 0 Å². The number of likely N-dealkylation sites (tertiary alicyclic amines) is 1. The summed E-state index contributed by atoms with van der Waals surface area (Å²) in [4.78, 5) is 19.0. The first-order chi connectivity index (χ1) is 9.28. The highest BCUT2D eigenvalue weighted by Gasteiger charge is 2.26. The monoisotopic (exact) mass is 264 g/mol. The normalized spacial score (nSPS) is 21.5. The molecule has 0 spiro atoms. The zero-order chi connectivity index (χ0) is 13.2. The number of carbonyl (C=O) groups excluding carboxylic acids is 1. The predicted molar refractivity (Wildman–Crippen MR) is 66.8 cm³/mol. The van der Waals surface area contributed by atoms with Crippen LogP contribution in [0, 0.1) is 0 Å². The van der Waals surface area contributed by atoms with Gasteiger partial charge in [-0.3, -0.25) is 9.63 Å². The van der Waals surface area contributed by atoms with Crippen LogP contribution in [0.5, 0.6) is 11.5 Å². The Balaban J connectivity index is 1.76. The minimum Gasteiger partial charge on any atom is -0.454 e. The Morgan fingerprint density at radius 1 is 1.37 bits per heavy atom. The average molecular weight is 264 g/mol. The summed E-state index contributed by atoms with van der Waals surface area (Å²) in [5.74, 6) is 6.47. The van der Waals surface area contributed by atoms with Crippen LogP contribution < -0.4 is 15.4 Å². The summed E-state index contributed by atoms with van der Waals surface area (Å²) in [7, 11) is 0. The van der Waals surface area contributed by atoms with E-state index in [1.807, 2.05) is 0 Å². The number of carbonyl (C=O) groups is 1. The van der Waals surface area contributed by atoms with Crippen LogP contribution in [-0.4, -0.2) is 36.8 Å². The number of nitrogens with zero attached hydrogens (tertiary/aromatic N) is 1. The van der Waals surface area contributed by atoms with Gasteiger partial charge in [0.1, 0.15) is 0 Å². The first-order valence-electron chi connectivity index (χ1n) is 6.32. The number of hydrogen-bond donors (Lipinski definition) is 1. The van der Waals surface area contributed by atoms with Gasteiger partial charge in [0.15, 0.2) is 11.5 Å². The minimum absolute atomic E-state index is 0.0277. The van der Waals surface area contributed by atoms with Crippen molar-refractivity contribution in [3.63, 3.8) is 0 Å². The van der Waals surface area contributed by atoms with Crippen LogP contribution in [0.4, 0.5) is 0 Å². The average Bonchev–Trinajstić information content (AvgIpc) is 2.94. The molecule has 6 heteroatoms. The van der Waals surface area contributed by atoms with Crippen molar-refractivity contribution in [1.29, 1.82) is 0 Å². The topological polar surface area (TPSA) is 74.0 Å². The molecule has 1 unspecified atom stereocenters. The predicted octanol–water partition coefficient (Wildman–Crippen LogP) is 0.910. The van der Waals surface area contributed by atoms with Crippen molar-refractivity contribution in [2.24, 2.45) is 5.90 Å². The zero-order valence-corrected chi connectivity index (χ0v) is 10.5. The summed E-state index contributed by atoms with van der Waals surface area (Å²) in [6.07, 6.45) is 1.71. The number of fused-ring (bicyclic) bond motifs is 1. The standard InChI is InChI=1S/C13H16N2O4/c14-19-10-2-1-5-15(7-10)13(16)9-3-4-11-12(6-9)18-8-17-11/h3-4,6,10H,1-2,5,7-8,14H2. The highest BCUT2D eigenvalue weighted by atomic mass is 16.7. The van der Waals surface area contributed by atoms with Gasteiger partial charge in [0, 0.05) is 18.7 Å². The van der Waals surface area contributed by atoms with Crippen LogP contribution >= 0.6 is 0 Å². The molecule has 19 heavy (non-hydrogen) atoms. The molecule has 0 saturated carbocycles. The molecule has 1 saturated heterocycles. The van der Waals surface area contributed by atoms with E-state index in [4.69, 9.17) is 20.2 Å². The number of hydrogen-bond acceptors (Lipinski definition) is 5. The molecule has 1 amide bonds. The van der Waals surface area contributed by atoms with Crippen molar-refractivity contribution in [2.75, 3.05) is 19.9 Å². The Labute approximate surface area is 111 Å². The van der Waals surface area contributed by atoms with Gasteiger partial charge in [0.25, 0.3) is 5.91 Å². The molecule has 3 rings (SSSR count). The summed E-state index contributed by atoms with van der Waals surface area (Å²) < 4.78 is 10.5. The smallest absolute Gasteiger partial charge is 0.254 e. The highest BCUT2D eigenvalue weighted by Crippen LogP contribution is 2.33. The molecule has 1 fully saturated rings. The number of amides is 1. The fourth-order valence-electron chi connectivity index (χ4n) is 2.45. The van der Waals surface area contributed by atoms with Crippen LogP contribution in [0.2, 0.25) is 0 Å². The lowest BCUT2D eigenvalue weighted by Gasteiger charge is -2.31. The van der Waals surface area contributed by atoms with Crippen molar-refractivity contribution < 1.29 is 19.1 Å². The molecule has 1 aromatic rings. The second kappa shape index (κ2) is 5.07. The number of nitrogens with two attached hydrogens (primary N) is 1. The molecule has 2 N–H and O–H groups in total. The Bertz CT molecular complexity index is 492. The number of benzene rings is 1. The second-order valence-electron chi connectivity index (χ2n) is 4.72. The molecule has 0 radical (unpaired) electrons. The summed E-state index contributed by atoms with van der Waals surface area (Å²) in [6.45, 7) is 1.47. The molecule has 0 aromatic heterocycles. The van der Waals surface area contributed by atoms with Crippen molar-refractivity contribution in [2.45, 2.75) is 18.9 Å². The van der Waals surface area contributed by atoms with Gasteiger partial charge in [-0.15, -0.1) is 0 Å². The Morgan fingerprint density at radius 3 is 3.05 bits per heavy atom. The minimum atomic E-state index is -0.0771. The van der Waals surface area contributed by atoms with E-state index < -0.39 is 0 Å². The summed E-state index contributed by atoms with van der Waals surface area (Å²) in [5, 5.41) is 0. The van der Waals surface area contributed by atoms with Gasteiger partial charge < -0.3 is 14.4 Å². The van der Waals surface area contributed by atoms with Gasteiger partial charge in [-0.25, -0.2) is 5.90 Å². The first kappa shape index (κ1) is 12.3. The summed E-state index contributed by atoms with van der Waals surface area (Å²) in [5.41, 5.74) is 0.599. The third-order valence-corrected chi connectivity index (χ3v) is 3.48. The van der Waals surface area contributed by atoms with Crippen molar-refractivity contribution >= 4 is 5.91 Å². The fourth-order valence-corrected chi connectivity index (χ4v) is 2.45. The molecule has 2 aliphatic rings. The SMILES string of the molecule is NOC1CCCN(C(=O)c2ccc3c(c2)OCO3)C1. The van der Waals surface area contributed by atoms with Gasteiger partial charge in [-0.05, 0) is 31.0 Å². The van der Waals surface area contributed by atoms with Crippen LogP contribution in [0.25, 0.3) is 0 Å². The van der Waals surface area contributed by atoms with Crippen molar-refractivity contribution in [3.05, 3.63) is 23.8 Å². The third-order valence-electron chi connectivity index (χ3n) is 3.48. The molecule has 1 aromatic carbocycles. The fraction of sp³-hybridized carbons (Fsp3) is 0.462. The van der Waals surface area contributed by atoms with Crippen LogP contribution in [0.1, 0.15) is 23.2 Å². The number of rotatable bonds is 2. The summed E-state index contributed by atoms with van der Waals surface area (Å²) >= 11 is 0. The maximum absolute atomic E-state index is 12.4. The molecular weight excluding hydrogens is 248 g/mol. The van der Waals surface area contributed by atoms with E-state index in [1.165, 1.54) is 0 Å². The lowest BCUT2D eigenvalue weighted by Crippen LogP contribution is -2.44. The van der Waals surface area contributed by atoms with Gasteiger partial charge in [-0.1, -0.05) is 0 Å². The van der Waals surface area contributed by atoms with Crippen molar-refractivity contribution in [1.82, 2.24) is 4.90 Å².